The van der Waals surface area contributed by atoms with Gasteiger partial charge in [0.2, 0.25) is 5.91 Å². The number of rotatable bonds is 5. The van der Waals surface area contributed by atoms with Crippen LogP contribution in [0, 0.1) is 5.92 Å². The standard InChI is InChI=1S/C17H22F3NO3/c1-12(2)16(22)21-8-4-7-15(10-21)23-11-13-5-3-6-14(9-13)24-17(18,19)20/h3,5-6,9,12,15H,4,7-8,10-11H2,1-2H3/t15-/m1/s1. The van der Waals surface area contributed by atoms with Crippen molar-refractivity contribution in [3.8, 4) is 5.75 Å². The first kappa shape index (κ1) is 18.6. The van der Waals surface area contributed by atoms with Crippen LogP contribution in [0.3, 0.4) is 0 Å². The molecule has 0 aliphatic carbocycles. The van der Waals surface area contributed by atoms with Crippen molar-refractivity contribution in [2.24, 2.45) is 5.92 Å². The highest BCUT2D eigenvalue weighted by atomic mass is 19.4. The number of piperidine rings is 1. The molecule has 0 bridgehead atoms. The van der Waals surface area contributed by atoms with Crippen molar-refractivity contribution in [1.29, 1.82) is 0 Å². The quantitative estimate of drug-likeness (QED) is 0.816. The second kappa shape index (κ2) is 7.88. The van der Waals surface area contributed by atoms with Crippen LogP contribution in [-0.2, 0) is 16.1 Å². The van der Waals surface area contributed by atoms with Crippen LogP contribution in [0.2, 0.25) is 0 Å². The monoisotopic (exact) mass is 345 g/mol. The lowest BCUT2D eigenvalue weighted by atomic mass is 10.1. The predicted molar refractivity (Wildman–Crippen MR) is 82.4 cm³/mol. The summed E-state index contributed by atoms with van der Waals surface area (Å²) in [6, 6.07) is 5.74. The van der Waals surface area contributed by atoms with Crippen molar-refractivity contribution in [2.75, 3.05) is 13.1 Å². The number of likely N-dealkylation sites (tertiary alicyclic amines) is 1. The molecule has 0 spiro atoms. The van der Waals surface area contributed by atoms with E-state index in [2.05, 4.69) is 4.74 Å². The summed E-state index contributed by atoms with van der Waals surface area (Å²) >= 11 is 0. The third kappa shape index (κ3) is 5.70. The van der Waals surface area contributed by atoms with E-state index in [1.165, 1.54) is 18.2 Å². The highest BCUT2D eigenvalue weighted by molar-refractivity contribution is 5.78. The number of alkyl halides is 3. The van der Waals surface area contributed by atoms with Gasteiger partial charge in [0.05, 0.1) is 12.7 Å². The number of hydrogen-bond acceptors (Lipinski definition) is 3. The van der Waals surface area contributed by atoms with E-state index in [9.17, 15) is 18.0 Å². The van der Waals surface area contributed by atoms with Crippen LogP contribution in [0.5, 0.6) is 5.75 Å². The SMILES string of the molecule is CC(C)C(=O)N1CCC[C@@H](OCc2cccc(OC(F)(F)F)c2)C1. The maximum atomic E-state index is 12.2. The molecule has 0 N–H and O–H groups in total. The van der Waals surface area contributed by atoms with Crippen molar-refractivity contribution in [3.05, 3.63) is 29.8 Å². The summed E-state index contributed by atoms with van der Waals surface area (Å²) < 4.78 is 46.4. The molecule has 7 heteroatoms. The lowest BCUT2D eigenvalue weighted by Gasteiger charge is -2.33. The number of benzene rings is 1. The van der Waals surface area contributed by atoms with Gasteiger partial charge < -0.3 is 14.4 Å². The molecular weight excluding hydrogens is 323 g/mol. The minimum absolute atomic E-state index is 0.0556. The first-order valence-corrected chi connectivity index (χ1v) is 7.99. The van der Waals surface area contributed by atoms with Crippen LogP contribution in [-0.4, -0.2) is 36.4 Å². The van der Waals surface area contributed by atoms with E-state index >= 15 is 0 Å². The van der Waals surface area contributed by atoms with Crippen molar-refractivity contribution >= 4 is 5.91 Å². The maximum absolute atomic E-state index is 12.2. The van der Waals surface area contributed by atoms with E-state index in [1.807, 2.05) is 13.8 Å². The van der Waals surface area contributed by atoms with Crippen LogP contribution in [0.4, 0.5) is 13.2 Å². The molecule has 1 saturated heterocycles. The molecule has 1 aliphatic rings. The predicted octanol–water partition coefficient (Wildman–Crippen LogP) is 3.75. The van der Waals surface area contributed by atoms with Crippen LogP contribution in [0.15, 0.2) is 24.3 Å². The van der Waals surface area contributed by atoms with Gasteiger partial charge in [0.15, 0.2) is 0 Å². The van der Waals surface area contributed by atoms with Crippen molar-refractivity contribution < 1.29 is 27.4 Å². The summed E-state index contributed by atoms with van der Waals surface area (Å²) in [5.41, 5.74) is 0.601. The second-order valence-electron chi connectivity index (χ2n) is 6.21. The van der Waals surface area contributed by atoms with Gasteiger partial charge in [-0.1, -0.05) is 26.0 Å². The molecule has 1 aromatic carbocycles. The van der Waals surface area contributed by atoms with Crippen LogP contribution in [0.25, 0.3) is 0 Å². The average molecular weight is 345 g/mol. The lowest BCUT2D eigenvalue weighted by molar-refractivity contribution is -0.274. The molecule has 1 atom stereocenters. The van der Waals surface area contributed by atoms with Gasteiger partial charge in [-0.3, -0.25) is 4.79 Å². The Morgan fingerprint density at radius 2 is 2.12 bits per heavy atom. The van der Waals surface area contributed by atoms with Gasteiger partial charge in [-0.05, 0) is 30.5 Å². The molecule has 4 nitrogen and oxygen atoms in total. The molecule has 0 radical (unpaired) electrons. The first-order chi connectivity index (χ1) is 11.2. The van der Waals surface area contributed by atoms with Gasteiger partial charge in [-0.15, -0.1) is 13.2 Å². The lowest BCUT2D eigenvalue weighted by Crippen LogP contribution is -2.44. The highest BCUT2D eigenvalue weighted by Crippen LogP contribution is 2.24. The first-order valence-electron chi connectivity index (χ1n) is 7.99. The third-order valence-corrected chi connectivity index (χ3v) is 3.80. The smallest absolute Gasteiger partial charge is 0.406 e. The number of carbonyl (C=O) groups excluding carboxylic acids is 1. The third-order valence-electron chi connectivity index (χ3n) is 3.80. The summed E-state index contributed by atoms with van der Waals surface area (Å²) in [6.45, 7) is 5.16. The Hall–Kier alpha value is -1.76. The number of ether oxygens (including phenoxy) is 2. The zero-order chi connectivity index (χ0) is 17.7. The summed E-state index contributed by atoms with van der Waals surface area (Å²) in [5, 5.41) is 0. The minimum atomic E-state index is -4.71. The highest BCUT2D eigenvalue weighted by Gasteiger charge is 2.31. The van der Waals surface area contributed by atoms with E-state index in [4.69, 9.17) is 4.74 Å². The molecule has 1 amide bonds. The Labute approximate surface area is 139 Å². The van der Waals surface area contributed by atoms with Gasteiger partial charge >= 0.3 is 6.36 Å². The molecule has 1 fully saturated rings. The molecule has 1 heterocycles. The normalized spacial score (nSPS) is 18.8. The molecule has 24 heavy (non-hydrogen) atoms. The average Bonchev–Trinajstić information content (AvgIpc) is 2.51. The minimum Gasteiger partial charge on any atom is -0.406 e. The molecule has 1 aromatic rings. The summed E-state index contributed by atoms with van der Waals surface area (Å²) in [5.74, 6) is -0.215. The van der Waals surface area contributed by atoms with Gasteiger partial charge in [-0.25, -0.2) is 0 Å². The fourth-order valence-electron chi connectivity index (χ4n) is 2.69. The molecule has 0 unspecified atom stereocenters. The van der Waals surface area contributed by atoms with Gasteiger partial charge in [-0.2, -0.15) is 0 Å². The van der Waals surface area contributed by atoms with E-state index in [-0.39, 0.29) is 30.3 Å². The number of nitrogens with zero attached hydrogens (tertiary/aromatic N) is 1. The van der Waals surface area contributed by atoms with Crippen molar-refractivity contribution in [3.63, 3.8) is 0 Å². The van der Waals surface area contributed by atoms with E-state index in [1.54, 1.807) is 11.0 Å². The largest absolute Gasteiger partial charge is 0.573 e. The number of carbonyl (C=O) groups is 1. The molecule has 0 aromatic heterocycles. The van der Waals surface area contributed by atoms with Crippen LogP contribution >= 0.6 is 0 Å². The van der Waals surface area contributed by atoms with Gasteiger partial charge in [0.25, 0.3) is 0 Å². The van der Waals surface area contributed by atoms with Crippen LogP contribution in [0.1, 0.15) is 32.3 Å². The number of halogens is 3. The van der Waals surface area contributed by atoms with E-state index in [0.29, 0.717) is 12.1 Å². The molecule has 1 aliphatic heterocycles. The Morgan fingerprint density at radius 3 is 2.79 bits per heavy atom. The van der Waals surface area contributed by atoms with Gasteiger partial charge in [0, 0.05) is 19.0 Å². The summed E-state index contributed by atoms with van der Waals surface area (Å²) in [7, 11) is 0. The molecular formula is C17H22F3NO3. The van der Waals surface area contributed by atoms with E-state index < -0.39 is 6.36 Å². The van der Waals surface area contributed by atoms with Gasteiger partial charge in [0.1, 0.15) is 5.75 Å². The Balaban J connectivity index is 1.89. The Kier molecular flexibility index (Phi) is 6.10. The zero-order valence-electron chi connectivity index (χ0n) is 13.8. The molecule has 0 saturated carbocycles. The fourth-order valence-corrected chi connectivity index (χ4v) is 2.69. The summed E-state index contributed by atoms with van der Waals surface area (Å²) in [6.07, 6.45) is -3.12. The number of hydrogen-bond donors (Lipinski definition) is 0. The van der Waals surface area contributed by atoms with Crippen molar-refractivity contribution in [1.82, 2.24) is 4.90 Å². The van der Waals surface area contributed by atoms with Crippen LogP contribution < -0.4 is 4.74 Å². The molecule has 2 rings (SSSR count). The number of amides is 1. The van der Waals surface area contributed by atoms with Crippen molar-refractivity contribution in [2.45, 2.75) is 45.8 Å². The Bertz CT molecular complexity index is 560. The Morgan fingerprint density at radius 1 is 1.38 bits per heavy atom. The molecule has 134 valence electrons. The van der Waals surface area contributed by atoms with E-state index in [0.717, 1.165) is 19.4 Å². The summed E-state index contributed by atoms with van der Waals surface area (Å²) in [4.78, 5) is 13.8. The second-order valence-corrected chi connectivity index (χ2v) is 6.21. The topological polar surface area (TPSA) is 38.8 Å². The fraction of sp³-hybridized carbons (Fsp3) is 0.588. The zero-order valence-corrected chi connectivity index (χ0v) is 13.8. The maximum Gasteiger partial charge on any atom is 0.573 e.